The molecule has 1 aromatic carbocycles. The predicted molar refractivity (Wildman–Crippen MR) is 166 cm³/mol. The third-order valence-electron chi connectivity index (χ3n) is 8.98. The summed E-state index contributed by atoms with van der Waals surface area (Å²) in [5.74, 6) is -1.85. The van der Waals surface area contributed by atoms with Gasteiger partial charge in [-0.1, -0.05) is 38.0 Å². The smallest absolute Gasteiger partial charge is 0.287 e. The minimum absolute atomic E-state index is 0.0456. The minimum atomic E-state index is -1.29. The lowest BCUT2D eigenvalue weighted by atomic mass is 9.65. The molecule has 2 aromatic heterocycles. The van der Waals surface area contributed by atoms with Gasteiger partial charge in [0.2, 0.25) is 17.6 Å². The van der Waals surface area contributed by atoms with E-state index in [9.17, 15) is 28.8 Å². The van der Waals surface area contributed by atoms with Gasteiger partial charge in [0.1, 0.15) is 23.9 Å². The molecule has 0 spiro atoms. The molecule has 2 heterocycles. The first-order valence-corrected chi connectivity index (χ1v) is 15.5. The molecular weight excluding hydrogens is 578 g/mol. The van der Waals surface area contributed by atoms with Crippen LogP contribution in [0.2, 0.25) is 0 Å². The number of aromatic nitrogens is 1. The number of pyridine rings is 1. The summed E-state index contributed by atoms with van der Waals surface area (Å²) in [4.78, 5) is 76.7. The molecule has 12 heteroatoms. The third-order valence-corrected chi connectivity index (χ3v) is 8.98. The average Bonchev–Trinajstić information content (AvgIpc) is 3.47. The van der Waals surface area contributed by atoms with Crippen LogP contribution in [0.3, 0.4) is 0 Å². The number of hydrogen-bond donors (Lipinski definition) is 4. The van der Waals surface area contributed by atoms with Crippen LogP contribution < -0.4 is 26.8 Å². The van der Waals surface area contributed by atoms with Crippen LogP contribution in [0.4, 0.5) is 5.69 Å². The summed E-state index contributed by atoms with van der Waals surface area (Å²) in [7, 11) is 1.31. The predicted octanol–water partition coefficient (Wildman–Crippen LogP) is 2.76. The summed E-state index contributed by atoms with van der Waals surface area (Å²) in [5.41, 5.74) is -0.218. The Morgan fingerprint density at radius 2 is 1.84 bits per heavy atom. The van der Waals surface area contributed by atoms with Gasteiger partial charge in [0.05, 0.1) is 0 Å². The van der Waals surface area contributed by atoms with Crippen LogP contribution in [0, 0.1) is 17.8 Å². The zero-order chi connectivity index (χ0) is 32.1. The van der Waals surface area contributed by atoms with E-state index in [1.165, 1.54) is 48.9 Å². The van der Waals surface area contributed by atoms with Crippen LogP contribution in [0.5, 0.6) is 0 Å². The highest BCUT2D eigenvalue weighted by atomic mass is 16.3. The minimum Gasteiger partial charge on any atom is -0.451 e. The number of carbonyl (C=O) groups is 5. The van der Waals surface area contributed by atoms with E-state index in [4.69, 9.17) is 4.42 Å². The number of carbonyl (C=O) groups excluding carboxylic acids is 5. The number of para-hydroxylation sites is 1. The first kappa shape index (κ1) is 31.7. The fourth-order valence-electron chi connectivity index (χ4n) is 6.75. The largest absolute Gasteiger partial charge is 0.451 e. The van der Waals surface area contributed by atoms with E-state index in [2.05, 4.69) is 28.2 Å². The molecule has 2 saturated carbocycles. The van der Waals surface area contributed by atoms with Crippen LogP contribution in [0.1, 0.15) is 62.4 Å². The van der Waals surface area contributed by atoms with E-state index in [1.54, 1.807) is 24.3 Å². The van der Waals surface area contributed by atoms with Crippen molar-refractivity contribution in [1.29, 1.82) is 0 Å². The quantitative estimate of drug-likeness (QED) is 0.240. The molecule has 2 fully saturated rings. The van der Waals surface area contributed by atoms with E-state index < -0.39 is 35.1 Å². The van der Waals surface area contributed by atoms with Crippen molar-refractivity contribution in [2.24, 2.45) is 17.8 Å². The first-order valence-electron chi connectivity index (χ1n) is 15.5. The number of benzene rings is 1. The van der Waals surface area contributed by atoms with Crippen LogP contribution in [-0.2, 0) is 25.7 Å². The van der Waals surface area contributed by atoms with Gasteiger partial charge in [0, 0.05) is 31.1 Å². The number of amides is 4. The maximum Gasteiger partial charge on any atom is 0.287 e. The maximum absolute atomic E-state index is 13.4. The highest BCUT2D eigenvalue weighted by Gasteiger charge is 2.38. The molecule has 45 heavy (non-hydrogen) atoms. The maximum atomic E-state index is 13.4. The van der Waals surface area contributed by atoms with Crippen molar-refractivity contribution < 1.29 is 28.4 Å². The van der Waals surface area contributed by atoms with Crippen molar-refractivity contribution in [2.45, 2.75) is 70.5 Å². The molecule has 3 aromatic rings. The van der Waals surface area contributed by atoms with Gasteiger partial charge in [0.15, 0.2) is 5.76 Å². The van der Waals surface area contributed by atoms with E-state index in [-0.39, 0.29) is 42.8 Å². The summed E-state index contributed by atoms with van der Waals surface area (Å²) in [6.45, 7) is 1.96. The Bertz CT molecular complexity index is 1630. The summed E-state index contributed by atoms with van der Waals surface area (Å²) in [5, 5.41) is 11.2. The molecule has 5 rings (SSSR count). The number of hydrogen-bond acceptors (Lipinski definition) is 7. The van der Waals surface area contributed by atoms with Crippen molar-refractivity contribution in [3.63, 3.8) is 0 Å². The molecule has 2 aliphatic carbocycles. The molecule has 4 N–H and O–H groups in total. The number of nitrogens with zero attached hydrogens (tertiary/aromatic N) is 1. The van der Waals surface area contributed by atoms with Gasteiger partial charge in [-0.05, 0) is 67.7 Å². The van der Waals surface area contributed by atoms with Crippen LogP contribution in [-0.4, -0.2) is 53.1 Å². The van der Waals surface area contributed by atoms with Gasteiger partial charge >= 0.3 is 0 Å². The fraction of sp³-hybridized carbons (Fsp3) is 0.455. The first-order chi connectivity index (χ1) is 21.6. The SMILES string of the molecule is CNC(=O)C(=O)CC[C@H](NC(=O)c1cc2ccccc2o1)C(=O)Nc1cccn(CC(=O)NC2C(C)CC3CCCC2C3)c1=O. The van der Waals surface area contributed by atoms with E-state index in [0.717, 1.165) is 25.2 Å². The van der Waals surface area contributed by atoms with E-state index in [0.29, 0.717) is 22.8 Å². The molecule has 4 amide bonds. The number of likely N-dealkylation sites (N-methyl/N-ethyl adjacent to an activating group) is 1. The summed E-state index contributed by atoms with van der Waals surface area (Å²) >= 11 is 0. The lowest BCUT2D eigenvalue weighted by molar-refractivity contribution is -0.137. The molecule has 0 radical (unpaired) electrons. The monoisotopic (exact) mass is 617 g/mol. The number of fused-ring (bicyclic) bond motifs is 3. The Hall–Kier alpha value is -4.74. The zero-order valence-electron chi connectivity index (χ0n) is 25.5. The number of nitrogens with one attached hydrogen (secondary N) is 4. The van der Waals surface area contributed by atoms with Crippen molar-refractivity contribution in [3.05, 3.63) is 64.8 Å². The Labute approximate surface area is 260 Å². The average molecular weight is 618 g/mol. The van der Waals surface area contributed by atoms with Crippen molar-refractivity contribution in [2.75, 3.05) is 12.4 Å². The highest BCUT2D eigenvalue weighted by molar-refractivity contribution is 6.36. The Balaban J connectivity index is 1.27. The molecule has 4 unspecified atom stereocenters. The third kappa shape index (κ3) is 7.50. The zero-order valence-corrected chi connectivity index (χ0v) is 25.5. The molecule has 0 aliphatic heterocycles. The van der Waals surface area contributed by atoms with Crippen LogP contribution in [0.25, 0.3) is 11.0 Å². The summed E-state index contributed by atoms with van der Waals surface area (Å²) < 4.78 is 6.82. The number of anilines is 1. The van der Waals surface area contributed by atoms with Crippen molar-refractivity contribution >= 4 is 46.1 Å². The van der Waals surface area contributed by atoms with Crippen LogP contribution in [0.15, 0.2) is 57.9 Å². The Kier molecular flexibility index (Phi) is 9.80. The molecule has 2 aliphatic rings. The van der Waals surface area contributed by atoms with E-state index >= 15 is 0 Å². The van der Waals surface area contributed by atoms with Gasteiger partial charge in [-0.25, -0.2) is 0 Å². The molecule has 0 saturated heterocycles. The Morgan fingerprint density at radius 1 is 1.04 bits per heavy atom. The molecular formula is C33H39N5O7. The highest BCUT2D eigenvalue weighted by Crippen LogP contribution is 2.42. The van der Waals surface area contributed by atoms with Crippen LogP contribution >= 0.6 is 0 Å². The molecule has 5 atom stereocenters. The van der Waals surface area contributed by atoms with Gasteiger partial charge in [0.25, 0.3) is 17.4 Å². The lowest BCUT2D eigenvalue weighted by Gasteiger charge is -2.44. The lowest BCUT2D eigenvalue weighted by Crippen LogP contribution is -2.50. The van der Waals surface area contributed by atoms with Gasteiger partial charge in [-0.15, -0.1) is 0 Å². The molecule has 12 nitrogen and oxygen atoms in total. The molecule has 238 valence electrons. The normalized spacial score (nSPS) is 21.4. The number of Topliss-reactive ketones (excluding diaryl/α,β-unsaturated/α-hetero) is 1. The van der Waals surface area contributed by atoms with Gasteiger partial charge < -0.3 is 30.3 Å². The van der Waals surface area contributed by atoms with Crippen molar-refractivity contribution in [1.82, 2.24) is 20.5 Å². The molecule has 2 bridgehead atoms. The van der Waals surface area contributed by atoms with Crippen molar-refractivity contribution in [3.8, 4) is 0 Å². The number of furan rings is 1. The summed E-state index contributed by atoms with van der Waals surface area (Å²) in [6, 6.07) is 10.2. The van der Waals surface area contributed by atoms with Gasteiger partial charge in [-0.3, -0.25) is 28.8 Å². The second-order valence-electron chi connectivity index (χ2n) is 12.2. The second-order valence-corrected chi connectivity index (χ2v) is 12.2. The number of ketones is 1. The Morgan fingerprint density at radius 3 is 2.62 bits per heavy atom. The van der Waals surface area contributed by atoms with Gasteiger partial charge in [-0.2, -0.15) is 0 Å². The standard InChI is InChI=1S/C33H39N5O7/c1-19-15-20-7-5-9-22(16-20)29(19)37-28(40)18-38-14-6-10-24(33(38)44)36-30(41)23(12-13-25(39)31(42)34-2)35-32(43)27-17-21-8-3-4-11-26(21)45-27/h3-4,6,8,10-11,14,17,19-20,22-23,29H,5,7,9,12-13,15-16,18H2,1-2H3,(H,34,42)(H,35,43)(H,36,41)(H,37,40)/t19?,20?,22?,23-,29?/m0/s1. The topological polar surface area (TPSA) is 169 Å². The number of rotatable bonds is 11. The van der Waals surface area contributed by atoms with E-state index in [1.807, 2.05) is 0 Å². The second kappa shape index (κ2) is 13.9. The summed E-state index contributed by atoms with van der Waals surface area (Å²) in [6.07, 6.45) is 6.66. The fourth-order valence-corrected chi connectivity index (χ4v) is 6.75.